The predicted molar refractivity (Wildman–Crippen MR) is 106 cm³/mol. The predicted octanol–water partition coefficient (Wildman–Crippen LogP) is 2.70. The zero-order chi connectivity index (χ0) is 20.1. The van der Waals surface area contributed by atoms with Gasteiger partial charge in [-0.15, -0.1) is 0 Å². The van der Waals surface area contributed by atoms with Crippen LogP contribution in [-0.4, -0.2) is 42.2 Å². The molecule has 2 aromatic rings. The van der Waals surface area contributed by atoms with E-state index in [4.69, 9.17) is 17.0 Å². The van der Waals surface area contributed by atoms with Crippen molar-refractivity contribution in [3.8, 4) is 0 Å². The summed E-state index contributed by atoms with van der Waals surface area (Å²) in [6.45, 7) is 2.02. The van der Waals surface area contributed by atoms with E-state index in [9.17, 15) is 19.3 Å². The minimum Gasteiger partial charge on any atom is -0.378 e. The summed E-state index contributed by atoms with van der Waals surface area (Å²) >= 11 is 5.02. The molecule has 0 unspecified atom stereocenters. The van der Waals surface area contributed by atoms with Gasteiger partial charge in [0.2, 0.25) is 0 Å². The number of carbonyl (C=O) groups is 1. The van der Waals surface area contributed by atoms with Crippen LogP contribution in [-0.2, 0) is 4.74 Å². The molecular formula is C18H17FN4O4S. The van der Waals surface area contributed by atoms with Gasteiger partial charge < -0.3 is 15.0 Å². The highest BCUT2D eigenvalue weighted by Crippen LogP contribution is 2.30. The zero-order valence-electron chi connectivity index (χ0n) is 14.7. The smallest absolute Gasteiger partial charge is 0.293 e. The van der Waals surface area contributed by atoms with E-state index in [1.165, 1.54) is 36.4 Å². The number of thiocarbonyl (C=S) groups is 1. The highest BCUT2D eigenvalue weighted by atomic mass is 32.1. The van der Waals surface area contributed by atoms with Crippen molar-refractivity contribution in [2.24, 2.45) is 0 Å². The van der Waals surface area contributed by atoms with Crippen LogP contribution in [0.3, 0.4) is 0 Å². The summed E-state index contributed by atoms with van der Waals surface area (Å²) in [5, 5.41) is 16.3. The van der Waals surface area contributed by atoms with Crippen LogP contribution in [0.5, 0.6) is 0 Å². The summed E-state index contributed by atoms with van der Waals surface area (Å²) in [5.74, 6) is -1.16. The summed E-state index contributed by atoms with van der Waals surface area (Å²) in [6.07, 6.45) is 0. The number of nitrogens with zero attached hydrogens (tertiary/aromatic N) is 2. The Morgan fingerprint density at radius 1 is 1.21 bits per heavy atom. The fraction of sp³-hybridized carbons (Fsp3) is 0.222. The number of nitrogens with one attached hydrogen (secondary N) is 2. The number of hydrogen-bond acceptors (Lipinski definition) is 6. The molecule has 28 heavy (non-hydrogen) atoms. The van der Waals surface area contributed by atoms with Crippen molar-refractivity contribution < 1.29 is 18.8 Å². The van der Waals surface area contributed by atoms with Gasteiger partial charge in [-0.2, -0.15) is 0 Å². The number of halogens is 1. The third-order valence-corrected chi connectivity index (χ3v) is 4.34. The number of nitro benzene ring substituents is 1. The molecule has 1 saturated heterocycles. The molecular weight excluding hydrogens is 387 g/mol. The molecule has 0 saturated carbocycles. The molecule has 3 rings (SSSR count). The Kier molecular flexibility index (Phi) is 6.12. The Morgan fingerprint density at radius 3 is 2.61 bits per heavy atom. The number of benzene rings is 2. The van der Waals surface area contributed by atoms with Gasteiger partial charge in [0.15, 0.2) is 5.11 Å². The van der Waals surface area contributed by atoms with Gasteiger partial charge in [0.05, 0.1) is 23.8 Å². The molecule has 1 aliphatic rings. The quantitative estimate of drug-likeness (QED) is 0.459. The highest BCUT2D eigenvalue weighted by Gasteiger charge is 2.23. The van der Waals surface area contributed by atoms with E-state index in [1.807, 2.05) is 4.90 Å². The maximum absolute atomic E-state index is 13.6. The summed E-state index contributed by atoms with van der Waals surface area (Å²) in [5.41, 5.74) is 0.433. The van der Waals surface area contributed by atoms with Crippen LogP contribution >= 0.6 is 12.2 Å². The second-order valence-electron chi connectivity index (χ2n) is 5.95. The van der Waals surface area contributed by atoms with Gasteiger partial charge in [-0.25, -0.2) is 4.39 Å². The SMILES string of the molecule is O=C(NC(=S)Nc1ccccc1F)c1ccc(N2CCOCC2)c([N+](=O)[O-])c1. The van der Waals surface area contributed by atoms with Gasteiger partial charge >= 0.3 is 0 Å². The Labute approximate surface area is 165 Å². The lowest BCUT2D eigenvalue weighted by molar-refractivity contribution is -0.384. The van der Waals surface area contributed by atoms with Gasteiger partial charge in [0.1, 0.15) is 11.5 Å². The zero-order valence-corrected chi connectivity index (χ0v) is 15.5. The number of rotatable bonds is 4. The third-order valence-electron chi connectivity index (χ3n) is 4.14. The first-order chi connectivity index (χ1) is 13.5. The minimum absolute atomic E-state index is 0.0707. The van der Waals surface area contributed by atoms with E-state index in [0.717, 1.165) is 0 Å². The lowest BCUT2D eigenvalue weighted by atomic mass is 10.1. The van der Waals surface area contributed by atoms with Gasteiger partial charge in [0, 0.05) is 24.7 Å². The second-order valence-corrected chi connectivity index (χ2v) is 6.36. The topological polar surface area (TPSA) is 96.7 Å². The molecule has 8 nitrogen and oxygen atoms in total. The fourth-order valence-corrected chi connectivity index (χ4v) is 2.98. The monoisotopic (exact) mass is 404 g/mol. The van der Waals surface area contributed by atoms with E-state index in [2.05, 4.69) is 10.6 Å². The van der Waals surface area contributed by atoms with Gasteiger partial charge in [-0.3, -0.25) is 20.2 Å². The molecule has 146 valence electrons. The van der Waals surface area contributed by atoms with Crippen molar-refractivity contribution in [3.05, 3.63) is 64.0 Å². The van der Waals surface area contributed by atoms with Crippen LogP contribution in [0.1, 0.15) is 10.4 Å². The van der Waals surface area contributed by atoms with E-state index < -0.39 is 16.6 Å². The number of hydrogen-bond donors (Lipinski definition) is 2. The molecule has 10 heteroatoms. The molecule has 1 aliphatic heterocycles. The van der Waals surface area contributed by atoms with Gasteiger partial charge in [-0.1, -0.05) is 12.1 Å². The van der Waals surface area contributed by atoms with E-state index >= 15 is 0 Å². The number of carbonyl (C=O) groups excluding carboxylic acids is 1. The largest absolute Gasteiger partial charge is 0.378 e. The molecule has 0 aromatic heterocycles. The van der Waals surface area contributed by atoms with Crippen molar-refractivity contribution in [2.45, 2.75) is 0 Å². The maximum atomic E-state index is 13.6. The average Bonchev–Trinajstić information content (AvgIpc) is 2.70. The molecule has 0 spiro atoms. The lowest BCUT2D eigenvalue weighted by Gasteiger charge is -2.28. The normalized spacial score (nSPS) is 13.7. The average molecular weight is 404 g/mol. The van der Waals surface area contributed by atoms with Gasteiger partial charge in [0.25, 0.3) is 11.6 Å². The second kappa shape index (κ2) is 8.72. The fourth-order valence-electron chi connectivity index (χ4n) is 2.77. The van der Waals surface area contributed by atoms with Crippen LogP contribution in [0.4, 0.5) is 21.5 Å². The van der Waals surface area contributed by atoms with E-state index in [-0.39, 0.29) is 22.1 Å². The molecule has 1 amide bonds. The molecule has 1 heterocycles. The number of amides is 1. The van der Waals surface area contributed by atoms with Crippen LogP contribution in [0.25, 0.3) is 0 Å². The lowest BCUT2D eigenvalue weighted by Crippen LogP contribution is -2.37. The van der Waals surface area contributed by atoms with Gasteiger partial charge in [-0.05, 0) is 36.5 Å². The van der Waals surface area contributed by atoms with E-state index in [0.29, 0.717) is 32.0 Å². The van der Waals surface area contributed by atoms with Crippen molar-refractivity contribution >= 4 is 40.3 Å². The van der Waals surface area contributed by atoms with Crippen molar-refractivity contribution in [2.75, 3.05) is 36.5 Å². The van der Waals surface area contributed by atoms with Crippen LogP contribution < -0.4 is 15.5 Å². The molecule has 0 radical (unpaired) electrons. The first-order valence-electron chi connectivity index (χ1n) is 8.43. The van der Waals surface area contributed by atoms with Crippen molar-refractivity contribution in [1.29, 1.82) is 0 Å². The Hall–Kier alpha value is -3.11. The third kappa shape index (κ3) is 4.59. The summed E-state index contributed by atoms with van der Waals surface area (Å²) in [6, 6.07) is 10.1. The van der Waals surface area contributed by atoms with Crippen LogP contribution in [0.2, 0.25) is 0 Å². The summed E-state index contributed by atoms with van der Waals surface area (Å²) in [4.78, 5) is 25.2. The van der Waals surface area contributed by atoms with Crippen molar-refractivity contribution in [3.63, 3.8) is 0 Å². The number of anilines is 2. The standard InChI is InChI=1S/C18H17FN4O4S/c19-13-3-1-2-4-14(13)20-18(28)21-17(24)12-5-6-15(16(11-12)23(25)26)22-7-9-27-10-8-22/h1-6,11H,7-10H2,(H2,20,21,24,28). The summed E-state index contributed by atoms with van der Waals surface area (Å²) in [7, 11) is 0. The molecule has 2 aromatic carbocycles. The number of ether oxygens (including phenoxy) is 1. The Bertz CT molecular complexity index is 918. The van der Waals surface area contributed by atoms with E-state index in [1.54, 1.807) is 6.07 Å². The molecule has 0 atom stereocenters. The molecule has 1 fully saturated rings. The number of nitro groups is 1. The van der Waals surface area contributed by atoms with Crippen molar-refractivity contribution in [1.82, 2.24) is 5.32 Å². The molecule has 0 aliphatic carbocycles. The Balaban J connectivity index is 1.74. The molecule has 2 N–H and O–H groups in total. The minimum atomic E-state index is -0.634. The first kappa shape index (κ1) is 19.6. The number of morpholine rings is 1. The van der Waals surface area contributed by atoms with Crippen LogP contribution in [0, 0.1) is 15.9 Å². The highest BCUT2D eigenvalue weighted by molar-refractivity contribution is 7.80. The number of para-hydroxylation sites is 1. The summed E-state index contributed by atoms with van der Waals surface area (Å²) < 4.78 is 18.9. The van der Waals surface area contributed by atoms with Crippen LogP contribution in [0.15, 0.2) is 42.5 Å². The first-order valence-corrected chi connectivity index (χ1v) is 8.84. The maximum Gasteiger partial charge on any atom is 0.293 e. The molecule has 0 bridgehead atoms. The Morgan fingerprint density at radius 2 is 1.93 bits per heavy atom.